The minimum absolute atomic E-state index is 0.282. The van der Waals surface area contributed by atoms with Crippen molar-refractivity contribution in [2.45, 2.75) is 12.7 Å². The van der Waals surface area contributed by atoms with E-state index >= 15 is 0 Å². The highest BCUT2D eigenvalue weighted by atomic mass is 16.5. The molecule has 0 spiro atoms. The second kappa shape index (κ2) is 9.25. The molecule has 5 heteroatoms. The van der Waals surface area contributed by atoms with Crippen molar-refractivity contribution in [3.05, 3.63) is 54.5 Å². The van der Waals surface area contributed by atoms with Crippen molar-refractivity contribution in [1.82, 2.24) is 4.90 Å². The van der Waals surface area contributed by atoms with E-state index in [-0.39, 0.29) is 6.61 Å². The second-order valence-electron chi connectivity index (χ2n) is 5.17. The molecule has 2 rings (SSSR count). The van der Waals surface area contributed by atoms with Crippen LogP contribution in [0.15, 0.2) is 53.1 Å². The Morgan fingerprint density at radius 1 is 1.18 bits per heavy atom. The summed E-state index contributed by atoms with van der Waals surface area (Å²) in [6.45, 7) is 2.52. The molecule has 0 amide bonds. The molecule has 1 heterocycles. The molecule has 0 fully saturated rings. The van der Waals surface area contributed by atoms with Crippen LogP contribution in [0.25, 0.3) is 0 Å². The molecule has 0 aliphatic rings. The molecule has 0 radical (unpaired) electrons. The molecule has 0 unspecified atom stereocenters. The van der Waals surface area contributed by atoms with Crippen LogP contribution in [0.5, 0.6) is 5.75 Å². The van der Waals surface area contributed by atoms with E-state index in [2.05, 4.69) is 0 Å². The molecular formula is C17H23NO4. The minimum atomic E-state index is -0.531. The molecule has 2 aromatic rings. The van der Waals surface area contributed by atoms with Gasteiger partial charge in [0.2, 0.25) is 0 Å². The molecular weight excluding hydrogens is 282 g/mol. The predicted molar refractivity (Wildman–Crippen MR) is 83.8 cm³/mol. The Morgan fingerprint density at radius 2 is 2.00 bits per heavy atom. The maximum Gasteiger partial charge on any atom is 0.129 e. The third kappa shape index (κ3) is 6.30. The Morgan fingerprint density at radius 3 is 2.73 bits per heavy atom. The lowest BCUT2D eigenvalue weighted by atomic mass is 10.3. The van der Waals surface area contributed by atoms with Crippen LogP contribution < -0.4 is 4.74 Å². The number of likely N-dealkylation sites (N-methyl/N-ethyl adjacent to an activating group) is 1. The van der Waals surface area contributed by atoms with Gasteiger partial charge in [0.25, 0.3) is 0 Å². The monoisotopic (exact) mass is 305 g/mol. The van der Waals surface area contributed by atoms with Crippen molar-refractivity contribution in [3.8, 4) is 5.75 Å². The van der Waals surface area contributed by atoms with Crippen LogP contribution in [0, 0.1) is 0 Å². The molecule has 0 aliphatic carbocycles. The second-order valence-corrected chi connectivity index (χ2v) is 5.17. The van der Waals surface area contributed by atoms with Gasteiger partial charge >= 0.3 is 0 Å². The smallest absolute Gasteiger partial charge is 0.129 e. The zero-order chi connectivity index (χ0) is 15.6. The first-order valence-corrected chi connectivity index (χ1v) is 7.38. The summed E-state index contributed by atoms with van der Waals surface area (Å²) in [5.74, 6) is 1.62. The third-order valence-electron chi connectivity index (χ3n) is 3.14. The summed E-state index contributed by atoms with van der Waals surface area (Å²) in [4.78, 5) is 2.02. The van der Waals surface area contributed by atoms with Crippen molar-refractivity contribution in [2.75, 3.05) is 33.4 Å². The van der Waals surface area contributed by atoms with Crippen LogP contribution in [0.4, 0.5) is 0 Å². The predicted octanol–water partition coefficient (Wildman–Crippen LogP) is 2.17. The van der Waals surface area contributed by atoms with Gasteiger partial charge in [0, 0.05) is 13.1 Å². The molecule has 120 valence electrons. The Kier molecular flexibility index (Phi) is 6.96. The van der Waals surface area contributed by atoms with E-state index in [4.69, 9.17) is 13.9 Å². The normalized spacial score (nSPS) is 12.5. The van der Waals surface area contributed by atoms with Gasteiger partial charge in [-0.15, -0.1) is 0 Å². The number of aliphatic hydroxyl groups excluding tert-OH is 1. The fraction of sp³-hybridized carbons (Fsp3) is 0.412. The third-order valence-corrected chi connectivity index (χ3v) is 3.14. The standard InChI is InChI=1S/C17H23NO4/c1-18(9-11-22-16-6-3-2-4-7-16)12-15(19)13-20-14-17-8-5-10-21-17/h2-8,10,15,19H,9,11-14H2,1H3/t15-/m0/s1. The average molecular weight is 305 g/mol. The number of para-hydroxylation sites is 1. The van der Waals surface area contributed by atoms with E-state index in [9.17, 15) is 5.11 Å². The summed E-state index contributed by atoms with van der Waals surface area (Å²) >= 11 is 0. The molecule has 0 aliphatic heterocycles. The van der Waals surface area contributed by atoms with E-state index in [0.717, 1.165) is 18.1 Å². The van der Waals surface area contributed by atoms with Gasteiger partial charge in [-0.2, -0.15) is 0 Å². The van der Waals surface area contributed by atoms with E-state index in [1.165, 1.54) is 0 Å². The fourth-order valence-electron chi connectivity index (χ4n) is 2.03. The number of hydrogen-bond acceptors (Lipinski definition) is 5. The van der Waals surface area contributed by atoms with Crippen molar-refractivity contribution in [1.29, 1.82) is 0 Å². The van der Waals surface area contributed by atoms with E-state index in [1.807, 2.05) is 54.4 Å². The first kappa shape index (κ1) is 16.5. The van der Waals surface area contributed by atoms with Crippen LogP contribution in [0.2, 0.25) is 0 Å². The average Bonchev–Trinajstić information content (AvgIpc) is 3.01. The van der Waals surface area contributed by atoms with E-state index in [0.29, 0.717) is 19.8 Å². The van der Waals surface area contributed by atoms with Crippen molar-refractivity contribution in [2.24, 2.45) is 0 Å². The van der Waals surface area contributed by atoms with Gasteiger partial charge in [-0.3, -0.25) is 0 Å². The summed E-state index contributed by atoms with van der Waals surface area (Å²) < 4.78 is 16.2. The zero-order valence-corrected chi connectivity index (χ0v) is 12.9. The quantitative estimate of drug-likeness (QED) is 0.729. The summed E-state index contributed by atoms with van der Waals surface area (Å²) in [6, 6.07) is 13.4. The molecule has 0 bridgehead atoms. The molecule has 1 atom stereocenters. The number of ether oxygens (including phenoxy) is 2. The maximum absolute atomic E-state index is 9.93. The molecule has 1 N–H and O–H groups in total. The van der Waals surface area contributed by atoms with Gasteiger partial charge in [-0.05, 0) is 31.3 Å². The molecule has 5 nitrogen and oxygen atoms in total. The lowest BCUT2D eigenvalue weighted by molar-refractivity contribution is 0.00741. The van der Waals surface area contributed by atoms with Crippen LogP contribution in [0.1, 0.15) is 5.76 Å². The number of aliphatic hydroxyl groups is 1. The summed E-state index contributed by atoms with van der Waals surface area (Å²) in [6.07, 6.45) is 1.08. The zero-order valence-electron chi connectivity index (χ0n) is 12.9. The Hall–Kier alpha value is -1.82. The SMILES string of the molecule is CN(CCOc1ccccc1)C[C@H](O)COCc1ccco1. The van der Waals surface area contributed by atoms with Gasteiger partial charge < -0.3 is 23.9 Å². The van der Waals surface area contributed by atoms with Gasteiger partial charge in [-0.25, -0.2) is 0 Å². The lowest BCUT2D eigenvalue weighted by Gasteiger charge is -2.20. The first-order valence-electron chi connectivity index (χ1n) is 7.38. The van der Waals surface area contributed by atoms with Gasteiger partial charge in [0.15, 0.2) is 0 Å². The Balaban J connectivity index is 1.54. The van der Waals surface area contributed by atoms with Gasteiger partial charge in [0.1, 0.15) is 24.7 Å². The number of hydrogen-bond donors (Lipinski definition) is 1. The highest BCUT2D eigenvalue weighted by molar-refractivity contribution is 5.20. The van der Waals surface area contributed by atoms with Crippen molar-refractivity contribution >= 4 is 0 Å². The number of furan rings is 1. The number of nitrogens with zero attached hydrogens (tertiary/aromatic N) is 1. The summed E-state index contributed by atoms with van der Waals surface area (Å²) in [5.41, 5.74) is 0. The molecule has 0 saturated carbocycles. The molecule has 0 saturated heterocycles. The molecule has 1 aromatic heterocycles. The topological polar surface area (TPSA) is 55.1 Å². The van der Waals surface area contributed by atoms with Gasteiger partial charge in [-0.1, -0.05) is 18.2 Å². The molecule has 22 heavy (non-hydrogen) atoms. The number of benzene rings is 1. The lowest BCUT2D eigenvalue weighted by Crippen LogP contribution is -2.34. The van der Waals surface area contributed by atoms with Crippen molar-refractivity contribution < 1.29 is 19.0 Å². The van der Waals surface area contributed by atoms with Crippen LogP contribution in [-0.2, 0) is 11.3 Å². The highest BCUT2D eigenvalue weighted by Crippen LogP contribution is 2.08. The highest BCUT2D eigenvalue weighted by Gasteiger charge is 2.09. The van der Waals surface area contributed by atoms with E-state index < -0.39 is 6.10 Å². The Bertz CT molecular complexity index is 501. The van der Waals surface area contributed by atoms with E-state index in [1.54, 1.807) is 6.26 Å². The first-order chi connectivity index (χ1) is 10.7. The minimum Gasteiger partial charge on any atom is -0.492 e. The van der Waals surface area contributed by atoms with Crippen LogP contribution in [-0.4, -0.2) is 49.5 Å². The fourth-order valence-corrected chi connectivity index (χ4v) is 2.03. The Labute approximate surface area is 131 Å². The van der Waals surface area contributed by atoms with Crippen LogP contribution in [0.3, 0.4) is 0 Å². The summed E-state index contributed by atoms with van der Waals surface area (Å²) in [5, 5.41) is 9.93. The summed E-state index contributed by atoms with van der Waals surface area (Å²) in [7, 11) is 1.95. The molecule has 1 aromatic carbocycles. The largest absolute Gasteiger partial charge is 0.492 e. The van der Waals surface area contributed by atoms with Crippen molar-refractivity contribution in [3.63, 3.8) is 0 Å². The number of rotatable bonds is 10. The maximum atomic E-state index is 9.93. The van der Waals surface area contributed by atoms with Gasteiger partial charge in [0.05, 0.1) is 19.0 Å². The van der Waals surface area contributed by atoms with Crippen LogP contribution >= 0.6 is 0 Å².